The van der Waals surface area contributed by atoms with Crippen molar-refractivity contribution in [3.63, 3.8) is 0 Å². The van der Waals surface area contributed by atoms with Gasteiger partial charge in [0.1, 0.15) is 0 Å². The van der Waals surface area contributed by atoms with Gasteiger partial charge in [-0.3, -0.25) is 4.79 Å². The number of nitrogens with one attached hydrogen (secondary N) is 1. The summed E-state index contributed by atoms with van der Waals surface area (Å²) < 4.78 is 0. The van der Waals surface area contributed by atoms with Gasteiger partial charge >= 0.3 is 12.0 Å². The number of aliphatic hydroxyl groups excluding tert-OH is 1. The molecule has 1 aliphatic heterocycles. The number of amides is 2. The predicted molar refractivity (Wildman–Crippen MR) is 66.2 cm³/mol. The topological polar surface area (TPSA) is 89.9 Å². The summed E-state index contributed by atoms with van der Waals surface area (Å²) in [4.78, 5) is 24.4. The molecule has 1 fully saturated rings. The summed E-state index contributed by atoms with van der Waals surface area (Å²) >= 11 is 0. The highest BCUT2D eigenvalue weighted by Gasteiger charge is 2.28. The summed E-state index contributed by atoms with van der Waals surface area (Å²) in [5.74, 6) is -1.41. The van der Waals surface area contributed by atoms with Crippen LogP contribution in [0.2, 0.25) is 0 Å². The molecule has 18 heavy (non-hydrogen) atoms. The highest BCUT2D eigenvalue weighted by Crippen LogP contribution is 2.16. The van der Waals surface area contributed by atoms with E-state index in [4.69, 9.17) is 10.2 Å². The summed E-state index contributed by atoms with van der Waals surface area (Å²) in [5.41, 5.74) is 0. The van der Waals surface area contributed by atoms with E-state index >= 15 is 0 Å². The molecule has 0 aromatic heterocycles. The minimum absolute atomic E-state index is 0.0370. The Hall–Kier alpha value is -1.30. The Bertz CT molecular complexity index is 296. The zero-order valence-electron chi connectivity index (χ0n) is 10.8. The molecule has 104 valence electrons. The third-order valence-corrected chi connectivity index (χ3v) is 3.33. The third kappa shape index (κ3) is 3.87. The molecule has 0 aromatic rings. The molecule has 1 heterocycles. The van der Waals surface area contributed by atoms with E-state index < -0.39 is 11.9 Å². The van der Waals surface area contributed by atoms with Crippen molar-refractivity contribution in [2.24, 2.45) is 5.92 Å². The van der Waals surface area contributed by atoms with Gasteiger partial charge in [-0.1, -0.05) is 13.3 Å². The van der Waals surface area contributed by atoms with Gasteiger partial charge in [0.2, 0.25) is 0 Å². The smallest absolute Gasteiger partial charge is 0.317 e. The summed E-state index contributed by atoms with van der Waals surface area (Å²) in [5, 5.41) is 20.7. The molecule has 6 nitrogen and oxygen atoms in total. The molecule has 0 spiro atoms. The fourth-order valence-corrected chi connectivity index (χ4v) is 2.27. The number of aliphatic hydroxyl groups is 1. The lowest BCUT2D eigenvalue weighted by Crippen LogP contribution is -2.46. The second kappa shape index (κ2) is 7.20. The van der Waals surface area contributed by atoms with E-state index in [9.17, 15) is 9.59 Å². The van der Waals surface area contributed by atoms with Gasteiger partial charge in [0.05, 0.1) is 18.6 Å². The number of aliphatic carboxylic acids is 1. The fourth-order valence-electron chi connectivity index (χ4n) is 2.27. The second-order valence-corrected chi connectivity index (χ2v) is 4.68. The summed E-state index contributed by atoms with van der Waals surface area (Å²) in [6, 6.07) is -0.395. The van der Waals surface area contributed by atoms with E-state index in [1.165, 1.54) is 0 Å². The minimum atomic E-state index is -0.878. The molecule has 2 unspecified atom stereocenters. The number of hydrogen-bond donors (Lipinski definition) is 3. The van der Waals surface area contributed by atoms with E-state index in [2.05, 4.69) is 5.32 Å². The van der Waals surface area contributed by atoms with Crippen molar-refractivity contribution in [2.75, 3.05) is 19.7 Å². The first-order valence-corrected chi connectivity index (χ1v) is 6.48. The first kappa shape index (κ1) is 14.8. The lowest BCUT2D eigenvalue weighted by atomic mass is 10.0. The Labute approximate surface area is 107 Å². The van der Waals surface area contributed by atoms with Gasteiger partial charge in [-0.25, -0.2) is 4.79 Å². The Balaban J connectivity index is 2.41. The predicted octanol–water partition coefficient (Wildman–Crippen LogP) is 0.654. The summed E-state index contributed by atoms with van der Waals surface area (Å²) in [6.07, 6.45) is 3.02. The van der Waals surface area contributed by atoms with Crippen LogP contribution in [0.4, 0.5) is 4.79 Å². The van der Waals surface area contributed by atoms with Crippen LogP contribution in [-0.2, 0) is 4.79 Å². The first-order chi connectivity index (χ1) is 8.60. The number of hydrogen-bond acceptors (Lipinski definition) is 3. The van der Waals surface area contributed by atoms with Crippen LogP contribution in [0.3, 0.4) is 0 Å². The number of likely N-dealkylation sites (tertiary alicyclic amines) is 1. The Kier molecular flexibility index (Phi) is 5.91. The molecule has 0 saturated carbocycles. The van der Waals surface area contributed by atoms with E-state index in [1.54, 1.807) is 4.90 Å². The number of carbonyl (C=O) groups excluding carboxylic acids is 1. The second-order valence-electron chi connectivity index (χ2n) is 4.68. The highest BCUT2D eigenvalue weighted by molar-refractivity contribution is 5.76. The van der Waals surface area contributed by atoms with Crippen LogP contribution in [0.25, 0.3) is 0 Å². The first-order valence-electron chi connectivity index (χ1n) is 6.48. The fraction of sp³-hybridized carbons (Fsp3) is 0.833. The van der Waals surface area contributed by atoms with E-state index in [-0.39, 0.29) is 25.2 Å². The molecule has 2 amide bonds. The molecule has 0 aliphatic carbocycles. The van der Waals surface area contributed by atoms with Crippen molar-refractivity contribution in [3.05, 3.63) is 0 Å². The van der Waals surface area contributed by atoms with Crippen LogP contribution in [0.5, 0.6) is 0 Å². The van der Waals surface area contributed by atoms with E-state index in [0.717, 1.165) is 19.3 Å². The van der Waals surface area contributed by atoms with Crippen molar-refractivity contribution in [3.8, 4) is 0 Å². The van der Waals surface area contributed by atoms with Gasteiger partial charge in [-0.2, -0.15) is 0 Å². The van der Waals surface area contributed by atoms with Crippen LogP contribution in [0, 0.1) is 5.92 Å². The molecule has 6 heteroatoms. The van der Waals surface area contributed by atoms with Crippen molar-refractivity contribution in [1.82, 2.24) is 10.2 Å². The van der Waals surface area contributed by atoms with Gasteiger partial charge in [-0.15, -0.1) is 0 Å². The van der Waals surface area contributed by atoms with Gasteiger partial charge in [-0.05, 0) is 19.3 Å². The molecule has 3 N–H and O–H groups in total. The van der Waals surface area contributed by atoms with Crippen LogP contribution in [0.15, 0.2) is 0 Å². The zero-order chi connectivity index (χ0) is 13.5. The van der Waals surface area contributed by atoms with Crippen LogP contribution in [0.1, 0.15) is 32.6 Å². The van der Waals surface area contributed by atoms with E-state index in [1.807, 2.05) is 6.92 Å². The Morgan fingerprint density at radius 2 is 2.22 bits per heavy atom. The van der Waals surface area contributed by atoms with Crippen LogP contribution in [-0.4, -0.2) is 52.9 Å². The summed E-state index contributed by atoms with van der Waals surface area (Å²) in [6.45, 7) is 2.66. The van der Waals surface area contributed by atoms with Gasteiger partial charge in [0.25, 0.3) is 0 Å². The van der Waals surface area contributed by atoms with Gasteiger partial charge < -0.3 is 20.4 Å². The average molecular weight is 258 g/mol. The van der Waals surface area contributed by atoms with Gasteiger partial charge in [0, 0.05) is 13.1 Å². The van der Waals surface area contributed by atoms with Gasteiger partial charge in [0.15, 0.2) is 0 Å². The Morgan fingerprint density at radius 1 is 1.50 bits per heavy atom. The third-order valence-electron chi connectivity index (χ3n) is 3.33. The van der Waals surface area contributed by atoms with Crippen LogP contribution >= 0.6 is 0 Å². The number of rotatable bonds is 6. The molecule has 0 aromatic carbocycles. The monoisotopic (exact) mass is 258 g/mol. The van der Waals surface area contributed by atoms with Crippen molar-refractivity contribution < 1.29 is 19.8 Å². The molecular formula is C12H22N2O4. The molecule has 1 aliphatic rings. The molecular weight excluding hydrogens is 236 g/mol. The molecule has 1 saturated heterocycles. The minimum Gasteiger partial charge on any atom is -0.481 e. The maximum Gasteiger partial charge on any atom is 0.317 e. The number of nitrogens with zero attached hydrogens (tertiary/aromatic N) is 1. The number of carboxylic acids is 1. The number of urea groups is 1. The molecule has 1 rings (SSSR count). The normalized spacial score (nSPS) is 20.8. The van der Waals surface area contributed by atoms with Crippen LogP contribution < -0.4 is 5.32 Å². The van der Waals surface area contributed by atoms with E-state index in [0.29, 0.717) is 13.0 Å². The standard InChI is InChI=1S/C12H22N2O4/c1-2-4-9(11(16)17)7-13-12(18)14-6-3-5-10(14)8-15/h9-10,15H,2-8H2,1H3,(H,13,18)(H,16,17). The molecule has 0 bridgehead atoms. The Morgan fingerprint density at radius 3 is 2.78 bits per heavy atom. The highest BCUT2D eigenvalue weighted by atomic mass is 16.4. The molecule has 0 radical (unpaired) electrons. The SMILES string of the molecule is CCCC(CNC(=O)N1CCCC1CO)C(=O)O. The quantitative estimate of drug-likeness (QED) is 0.652. The maximum absolute atomic E-state index is 11.9. The lowest BCUT2D eigenvalue weighted by molar-refractivity contribution is -0.141. The average Bonchev–Trinajstić information content (AvgIpc) is 2.81. The zero-order valence-corrected chi connectivity index (χ0v) is 10.8. The number of carboxylic acid groups (broad SMARTS) is 1. The van der Waals surface area contributed by atoms with Crippen molar-refractivity contribution in [2.45, 2.75) is 38.6 Å². The maximum atomic E-state index is 11.9. The van der Waals surface area contributed by atoms with Crippen molar-refractivity contribution >= 4 is 12.0 Å². The molecule has 2 atom stereocenters. The summed E-state index contributed by atoms with van der Waals surface area (Å²) in [7, 11) is 0. The largest absolute Gasteiger partial charge is 0.481 e. The number of carbonyl (C=O) groups is 2. The van der Waals surface area contributed by atoms with Crippen molar-refractivity contribution in [1.29, 1.82) is 0 Å². The lowest BCUT2D eigenvalue weighted by Gasteiger charge is -2.24.